The third kappa shape index (κ3) is 4.30. The van der Waals surface area contributed by atoms with E-state index in [9.17, 15) is 14.7 Å². The molecule has 1 atom stereocenters. The lowest BCUT2D eigenvalue weighted by Gasteiger charge is -2.29. The van der Waals surface area contributed by atoms with Crippen molar-refractivity contribution < 1.29 is 19.4 Å². The summed E-state index contributed by atoms with van der Waals surface area (Å²) in [6.45, 7) is 7.85. The molecule has 2 fully saturated rings. The summed E-state index contributed by atoms with van der Waals surface area (Å²) in [4.78, 5) is 30.0. The predicted octanol–water partition coefficient (Wildman–Crippen LogP) is 2.82. The van der Waals surface area contributed by atoms with E-state index in [1.807, 2.05) is 0 Å². The molecule has 8 nitrogen and oxygen atoms in total. The Morgan fingerprint density at radius 1 is 1.19 bits per heavy atom. The monoisotopic (exact) mass is 458 g/mol. The number of benzene rings is 1. The highest BCUT2D eigenvalue weighted by atomic mass is 35.5. The first-order chi connectivity index (χ1) is 15.4. The standard InChI is InChI=1S/C23H27ClN4O4/c1-14-18(15(2)26-25-14)21(29)19-20(16-4-6-17(24)7-5-16)28(23(31)22(19)30)9-3-8-27-10-12-32-13-11-27/h4-7,20,29H,3,8-13H2,1-2H3,(H,25,26)/b21-19+. The second-order valence-electron chi connectivity index (χ2n) is 8.16. The van der Waals surface area contributed by atoms with Crippen molar-refractivity contribution in [2.45, 2.75) is 26.3 Å². The molecule has 170 valence electrons. The van der Waals surface area contributed by atoms with Gasteiger partial charge in [-0.15, -0.1) is 0 Å². The minimum Gasteiger partial charge on any atom is -0.507 e. The number of morpholine rings is 1. The molecule has 0 radical (unpaired) electrons. The van der Waals surface area contributed by atoms with Crippen LogP contribution >= 0.6 is 11.6 Å². The molecular formula is C23H27ClN4O4. The number of aromatic nitrogens is 2. The van der Waals surface area contributed by atoms with Crippen LogP contribution in [0.15, 0.2) is 29.8 Å². The van der Waals surface area contributed by atoms with Gasteiger partial charge in [0.15, 0.2) is 0 Å². The Bertz CT molecular complexity index is 1020. The molecule has 2 saturated heterocycles. The van der Waals surface area contributed by atoms with Gasteiger partial charge in [0.2, 0.25) is 0 Å². The number of carbonyl (C=O) groups excluding carboxylic acids is 2. The highest BCUT2D eigenvalue weighted by Gasteiger charge is 2.46. The van der Waals surface area contributed by atoms with Gasteiger partial charge < -0.3 is 14.7 Å². The molecule has 0 aliphatic carbocycles. The Hall–Kier alpha value is -2.68. The van der Waals surface area contributed by atoms with Crippen LogP contribution < -0.4 is 0 Å². The van der Waals surface area contributed by atoms with Gasteiger partial charge in [-0.25, -0.2) is 0 Å². The number of ether oxygens (including phenoxy) is 1. The molecule has 1 aromatic carbocycles. The van der Waals surface area contributed by atoms with Gasteiger partial charge >= 0.3 is 0 Å². The molecule has 9 heteroatoms. The first kappa shape index (κ1) is 22.5. The molecule has 3 heterocycles. The lowest BCUT2D eigenvalue weighted by molar-refractivity contribution is -0.140. The van der Waals surface area contributed by atoms with E-state index in [-0.39, 0.29) is 11.3 Å². The van der Waals surface area contributed by atoms with Crippen molar-refractivity contribution in [3.8, 4) is 0 Å². The molecule has 0 bridgehead atoms. The normalized spacial score (nSPS) is 21.5. The van der Waals surface area contributed by atoms with Crippen molar-refractivity contribution in [2.24, 2.45) is 0 Å². The first-order valence-electron chi connectivity index (χ1n) is 10.7. The third-order valence-corrected chi connectivity index (χ3v) is 6.32. The van der Waals surface area contributed by atoms with Crippen molar-refractivity contribution in [3.63, 3.8) is 0 Å². The van der Waals surface area contributed by atoms with Crippen molar-refractivity contribution in [3.05, 3.63) is 57.4 Å². The second-order valence-corrected chi connectivity index (χ2v) is 8.60. The number of halogens is 1. The number of nitrogens with one attached hydrogen (secondary N) is 1. The molecule has 1 aromatic heterocycles. The van der Waals surface area contributed by atoms with Crippen LogP contribution in [-0.2, 0) is 14.3 Å². The van der Waals surface area contributed by atoms with Crippen LogP contribution in [0.25, 0.3) is 5.76 Å². The highest BCUT2D eigenvalue weighted by Crippen LogP contribution is 2.40. The lowest BCUT2D eigenvalue weighted by Crippen LogP contribution is -2.38. The Balaban J connectivity index is 1.69. The molecule has 1 amide bonds. The minimum atomic E-state index is -0.689. The number of nitrogens with zero attached hydrogens (tertiary/aromatic N) is 3. The summed E-state index contributed by atoms with van der Waals surface area (Å²) in [6.07, 6.45) is 0.709. The van der Waals surface area contributed by atoms with Crippen molar-refractivity contribution >= 4 is 29.1 Å². The molecule has 2 aliphatic rings. The van der Waals surface area contributed by atoms with Crippen LogP contribution in [0.2, 0.25) is 5.02 Å². The number of amides is 1. The van der Waals surface area contributed by atoms with Crippen LogP contribution in [0.5, 0.6) is 0 Å². The van der Waals surface area contributed by atoms with E-state index in [2.05, 4.69) is 15.1 Å². The highest BCUT2D eigenvalue weighted by molar-refractivity contribution is 6.46. The van der Waals surface area contributed by atoms with Gasteiger partial charge in [0.1, 0.15) is 5.76 Å². The summed E-state index contributed by atoms with van der Waals surface area (Å²) in [5.41, 5.74) is 2.45. The molecule has 1 unspecified atom stereocenters. The third-order valence-electron chi connectivity index (χ3n) is 6.07. The number of aliphatic hydroxyl groups excluding tert-OH is 1. The SMILES string of the molecule is Cc1n[nH]c(C)c1/C(O)=C1\C(=O)C(=O)N(CCCN2CCOCC2)C1c1ccc(Cl)cc1. The Morgan fingerprint density at radius 2 is 1.88 bits per heavy atom. The zero-order valence-electron chi connectivity index (χ0n) is 18.2. The second kappa shape index (κ2) is 9.44. The summed E-state index contributed by atoms with van der Waals surface area (Å²) >= 11 is 6.07. The number of rotatable bonds is 6. The molecule has 2 aliphatic heterocycles. The molecule has 2 aromatic rings. The Labute approximate surface area is 191 Å². The number of likely N-dealkylation sites (tertiary alicyclic amines) is 1. The smallest absolute Gasteiger partial charge is 0.295 e. The number of aryl methyl sites for hydroxylation is 2. The van der Waals surface area contributed by atoms with Crippen LogP contribution in [0, 0.1) is 13.8 Å². The minimum absolute atomic E-state index is 0.0799. The molecule has 4 rings (SSSR count). The topological polar surface area (TPSA) is 98.8 Å². The van der Waals surface area contributed by atoms with Gasteiger partial charge in [-0.05, 0) is 38.0 Å². The van der Waals surface area contributed by atoms with E-state index in [1.54, 1.807) is 43.0 Å². The average Bonchev–Trinajstić information content (AvgIpc) is 3.25. The fraction of sp³-hybridized carbons (Fsp3) is 0.435. The average molecular weight is 459 g/mol. The van der Waals surface area contributed by atoms with E-state index >= 15 is 0 Å². The van der Waals surface area contributed by atoms with Gasteiger partial charge in [-0.2, -0.15) is 5.10 Å². The fourth-order valence-electron chi connectivity index (χ4n) is 4.43. The number of ketones is 1. The van der Waals surface area contributed by atoms with E-state index < -0.39 is 17.7 Å². The number of hydrogen-bond donors (Lipinski definition) is 2. The van der Waals surface area contributed by atoms with Crippen LogP contribution in [-0.4, -0.2) is 76.2 Å². The van der Waals surface area contributed by atoms with E-state index in [4.69, 9.17) is 16.3 Å². The number of aromatic amines is 1. The van der Waals surface area contributed by atoms with Crippen molar-refractivity contribution in [1.82, 2.24) is 20.0 Å². The maximum absolute atomic E-state index is 13.1. The predicted molar refractivity (Wildman–Crippen MR) is 120 cm³/mol. The quantitative estimate of drug-likeness (QED) is 0.392. The van der Waals surface area contributed by atoms with Crippen molar-refractivity contribution in [2.75, 3.05) is 39.4 Å². The van der Waals surface area contributed by atoms with Gasteiger partial charge in [0.25, 0.3) is 11.7 Å². The molecule has 2 N–H and O–H groups in total. The number of aliphatic hydroxyl groups is 1. The zero-order chi connectivity index (χ0) is 22.8. The first-order valence-corrected chi connectivity index (χ1v) is 11.1. The Morgan fingerprint density at radius 3 is 2.50 bits per heavy atom. The molecular weight excluding hydrogens is 432 g/mol. The number of carbonyl (C=O) groups is 2. The van der Waals surface area contributed by atoms with Crippen molar-refractivity contribution in [1.29, 1.82) is 0 Å². The molecule has 0 saturated carbocycles. The number of hydrogen-bond acceptors (Lipinski definition) is 6. The van der Waals surface area contributed by atoms with Gasteiger partial charge in [-0.3, -0.25) is 19.6 Å². The number of Topliss-reactive ketones (excluding diaryl/α,β-unsaturated/α-hetero) is 1. The maximum atomic E-state index is 13.1. The number of H-pyrrole nitrogens is 1. The van der Waals surface area contributed by atoms with E-state index in [0.717, 1.165) is 25.2 Å². The largest absolute Gasteiger partial charge is 0.507 e. The summed E-state index contributed by atoms with van der Waals surface area (Å²) in [5, 5.41) is 18.7. The summed E-state index contributed by atoms with van der Waals surface area (Å²) in [6, 6.07) is 6.33. The van der Waals surface area contributed by atoms with Crippen LogP contribution in [0.3, 0.4) is 0 Å². The van der Waals surface area contributed by atoms with Gasteiger partial charge in [0, 0.05) is 36.9 Å². The van der Waals surface area contributed by atoms with Gasteiger partial charge in [-0.1, -0.05) is 23.7 Å². The van der Waals surface area contributed by atoms with E-state index in [0.29, 0.717) is 48.2 Å². The van der Waals surface area contributed by atoms with Gasteiger partial charge in [0.05, 0.1) is 36.1 Å². The van der Waals surface area contributed by atoms with Crippen LogP contribution in [0.4, 0.5) is 0 Å². The maximum Gasteiger partial charge on any atom is 0.295 e. The lowest BCUT2D eigenvalue weighted by atomic mass is 9.94. The molecule has 32 heavy (non-hydrogen) atoms. The van der Waals surface area contributed by atoms with Crippen LogP contribution in [0.1, 0.15) is 35.0 Å². The Kier molecular flexibility index (Phi) is 6.64. The fourth-order valence-corrected chi connectivity index (χ4v) is 4.55. The molecule has 0 spiro atoms. The summed E-state index contributed by atoms with van der Waals surface area (Å²) < 4.78 is 5.39. The summed E-state index contributed by atoms with van der Waals surface area (Å²) in [5.74, 6) is -1.50. The van der Waals surface area contributed by atoms with E-state index in [1.165, 1.54) is 0 Å². The zero-order valence-corrected chi connectivity index (χ0v) is 19.0. The summed E-state index contributed by atoms with van der Waals surface area (Å²) in [7, 11) is 0.